The normalized spacial score (nSPS) is 10.1. The molecule has 1 rings (SSSR count). The van der Waals surface area contributed by atoms with E-state index in [0.717, 1.165) is 0 Å². The van der Waals surface area contributed by atoms with Gasteiger partial charge in [-0.2, -0.15) is 0 Å². The standard InChI is InChI=1S/C12H19N3O2/c1-4-17-8-7-15(3)12(16)10-5-6-14-11(9-10)13-2/h5-6,9H,4,7-8H2,1-3H3,(H,13,14). The van der Waals surface area contributed by atoms with Gasteiger partial charge in [-0.3, -0.25) is 4.79 Å². The number of carbonyl (C=O) groups excluding carboxylic acids is 1. The fourth-order valence-electron chi connectivity index (χ4n) is 1.37. The van der Waals surface area contributed by atoms with E-state index in [2.05, 4.69) is 10.3 Å². The molecule has 0 spiro atoms. The van der Waals surface area contributed by atoms with E-state index < -0.39 is 0 Å². The maximum atomic E-state index is 12.0. The van der Waals surface area contributed by atoms with Crippen molar-refractivity contribution < 1.29 is 9.53 Å². The van der Waals surface area contributed by atoms with Crippen molar-refractivity contribution in [2.24, 2.45) is 0 Å². The quantitative estimate of drug-likeness (QED) is 0.756. The van der Waals surface area contributed by atoms with E-state index in [1.165, 1.54) is 0 Å². The number of amides is 1. The summed E-state index contributed by atoms with van der Waals surface area (Å²) >= 11 is 0. The number of hydrogen-bond acceptors (Lipinski definition) is 4. The molecule has 5 nitrogen and oxygen atoms in total. The van der Waals surface area contributed by atoms with Crippen molar-refractivity contribution in [3.8, 4) is 0 Å². The predicted molar refractivity (Wildman–Crippen MR) is 67.2 cm³/mol. The summed E-state index contributed by atoms with van der Waals surface area (Å²) in [5, 5.41) is 2.91. The molecular weight excluding hydrogens is 218 g/mol. The van der Waals surface area contributed by atoms with Crippen molar-refractivity contribution in [3.63, 3.8) is 0 Å². The highest BCUT2D eigenvalue weighted by Crippen LogP contribution is 2.08. The lowest BCUT2D eigenvalue weighted by Crippen LogP contribution is -2.30. The van der Waals surface area contributed by atoms with Crippen LogP contribution in [0.1, 0.15) is 17.3 Å². The molecular formula is C12H19N3O2. The number of hydrogen-bond donors (Lipinski definition) is 1. The summed E-state index contributed by atoms with van der Waals surface area (Å²) in [6.45, 7) is 3.75. The van der Waals surface area contributed by atoms with Gasteiger partial charge in [-0.25, -0.2) is 4.98 Å². The maximum Gasteiger partial charge on any atom is 0.253 e. The summed E-state index contributed by atoms with van der Waals surface area (Å²) in [5.74, 6) is 0.665. The Hall–Kier alpha value is -1.62. The summed E-state index contributed by atoms with van der Waals surface area (Å²) in [5.41, 5.74) is 0.628. The SMILES string of the molecule is CCOCCN(C)C(=O)c1ccnc(NC)c1. The van der Waals surface area contributed by atoms with Gasteiger partial charge < -0.3 is 15.0 Å². The molecule has 5 heteroatoms. The fourth-order valence-corrected chi connectivity index (χ4v) is 1.37. The summed E-state index contributed by atoms with van der Waals surface area (Å²) in [6, 6.07) is 3.44. The second-order valence-electron chi connectivity index (χ2n) is 3.60. The zero-order valence-corrected chi connectivity index (χ0v) is 10.6. The summed E-state index contributed by atoms with van der Waals surface area (Å²) in [6.07, 6.45) is 1.62. The van der Waals surface area contributed by atoms with Gasteiger partial charge in [0, 0.05) is 39.0 Å². The monoisotopic (exact) mass is 237 g/mol. The highest BCUT2D eigenvalue weighted by atomic mass is 16.5. The molecule has 1 aromatic heterocycles. The molecule has 17 heavy (non-hydrogen) atoms. The number of ether oxygens (including phenoxy) is 1. The van der Waals surface area contributed by atoms with E-state index in [4.69, 9.17) is 4.74 Å². The van der Waals surface area contributed by atoms with Crippen LogP contribution in [-0.4, -0.2) is 49.6 Å². The Labute approximate surface area is 102 Å². The smallest absolute Gasteiger partial charge is 0.253 e. The number of carbonyl (C=O) groups is 1. The molecule has 0 aliphatic carbocycles. The first-order valence-electron chi connectivity index (χ1n) is 5.66. The fraction of sp³-hybridized carbons (Fsp3) is 0.500. The number of rotatable bonds is 6. The van der Waals surface area contributed by atoms with E-state index in [0.29, 0.717) is 31.1 Å². The van der Waals surface area contributed by atoms with Crippen LogP contribution in [0.25, 0.3) is 0 Å². The molecule has 0 aliphatic rings. The number of nitrogens with one attached hydrogen (secondary N) is 1. The molecule has 0 bridgehead atoms. The topological polar surface area (TPSA) is 54.5 Å². The van der Waals surface area contributed by atoms with Gasteiger partial charge in [-0.1, -0.05) is 0 Å². The molecule has 1 amide bonds. The van der Waals surface area contributed by atoms with Crippen molar-refractivity contribution in [2.45, 2.75) is 6.92 Å². The number of anilines is 1. The maximum absolute atomic E-state index is 12.0. The molecule has 1 aromatic rings. The van der Waals surface area contributed by atoms with Gasteiger partial charge in [0.05, 0.1) is 6.61 Å². The molecule has 0 aliphatic heterocycles. The zero-order valence-electron chi connectivity index (χ0n) is 10.6. The van der Waals surface area contributed by atoms with Crippen LogP contribution in [-0.2, 0) is 4.74 Å². The summed E-state index contributed by atoms with van der Waals surface area (Å²) in [4.78, 5) is 17.7. The van der Waals surface area contributed by atoms with Crippen LogP contribution < -0.4 is 5.32 Å². The Balaban J connectivity index is 2.61. The molecule has 0 unspecified atom stereocenters. The van der Waals surface area contributed by atoms with Crippen LogP contribution in [0.2, 0.25) is 0 Å². The lowest BCUT2D eigenvalue weighted by Gasteiger charge is -2.17. The molecule has 0 aromatic carbocycles. The Bertz CT molecular complexity index is 369. The minimum atomic E-state index is -0.0244. The number of aromatic nitrogens is 1. The molecule has 0 atom stereocenters. The second kappa shape index (κ2) is 6.85. The zero-order chi connectivity index (χ0) is 12.7. The first kappa shape index (κ1) is 13.4. The molecule has 1 N–H and O–H groups in total. The van der Waals surface area contributed by atoms with Crippen molar-refractivity contribution in [1.29, 1.82) is 0 Å². The number of nitrogens with zero attached hydrogens (tertiary/aromatic N) is 2. The highest BCUT2D eigenvalue weighted by Gasteiger charge is 2.11. The minimum absolute atomic E-state index is 0.0244. The first-order chi connectivity index (χ1) is 8.19. The third kappa shape index (κ3) is 4.03. The van der Waals surface area contributed by atoms with Gasteiger partial charge in [0.15, 0.2) is 0 Å². The van der Waals surface area contributed by atoms with Crippen molar-refractivity contribution >= 4 is 11.7 Å². The largest absolute Gasteiger partial charge is 0.380 e. The van der Waals surface area contributed by atoms with Crippen LogP contribution in [0.4, 0.5) is 5.82 Å². The minimum Gasteiger partial charge on any atom is -0.380 e. The molecule has 0 saturated carbocycles. The Morgan fingerprint density at radius 2 is 2.35 bits per heavy atom. The van der Waals surface area contributed by atoms with Gasteiger partial charge in [0.1, 0.15) is 5.82 Å². The van der Waals surface area contributed by atoms with Gasteiger partial charge >= 0.3 is 0 Å². The predicted octanol–water partition coefficient (Wildman–Crippen LogP) is 1.23. The van der Waals surface area contributed by atoms with E-state index in [9.17, 15) is 4.79 Å². The second-order valence-corrected chi connectivity index (χ2v) is 3.60. The van der Waals surface area contributed by atoms with Crippen molar-refractivity contribution in [2.75, 3.05) is 39.2 Å². The van der Waals surface area contributed by atoms with Gasteiger partial charge in [-0.15, -0.1) is 0 Å². The molecule has 0 saturated heterocycles. The van der Waals surface area contributed by atoms with Crippen molar-refractivity contribution in [3.05, 3.63) is 23.9 Å². The third-order valence-electron chi connectivity index (χ3n) is 2.38. The van der Waals surface area contributed by atoms with Crippen LogP contribution in [0.15, 0.2) is 18.3 Å². The third-order valence-corrected chi connectivity index (χ3v) is 2.38. The summed E-state index contributed by atoms with van der Waals surface area (Å²) < 4.78 is 5.22. The van der Waals surface area contributed by atoms with Gasteiger partial charge in [0.25, 0.3) is 5.91 Å². The Kier molecular flexibility index (Phi) is 5.42. The molecule has 0 radical (unpaired) electrons. The van der Waals surface area contributed by atoms with E-state index in [-0.39, 0.29) is 5.91 Å². The van der Waals surface area contributed by atoms with Gasteiger partial charge in [0.2, 0.25) is 0 Å². The molecule has 94 valence electrons. The number of likely N-dealkylation sites (N-methyl/N-ethyl adjacent to an activating group) is 1. The van der Waals surface area contributed by atoms with E-state index >= 15 is 0 Å². The highest BCUT2D eigenvalue weighted by molar-refractivity contribution is 5.94. The number of pyridine rings is 1. The van der Waals surface area contributed by atoms with Crippen LogP contribution in [0.3, 0.4) is 0 Å². The first-order valence-corrected chi connectivity index (χ1v) is 5.66. The molecule has 0 fully saturated rings. The Morgan fingerprint density at radius 3 is 3.00 bits per heavy atom. The van der Waals surface area contributed by atoms with Crippen LogP contribution in [0, 0.1) is 0 Å². The lowest BCUT2D eigenvalue weighted by molar-refractivity contribution is 0.0710. The Morgan fingerprint density at radius 1 is 1.59 bits per heavy atom. The van der Waals surface area contributed by atoms with Crippen LogP contribution in [0.5, 0.6) is 0 Å². The van der Waals surface area contributed by atoms with E-state index in [1.807, 2.05) is 6.92 Å². The summed E-state index contributed by atoms with van der Waals surface area (Å²) in [7, 11) is 3.54. The van der Waals surface area contributed by atoms with Gasteiger partial charge in [-0.05, 0) is 19.1 Å². The molecule has 1 heterocycles. The van der Waals surface area contributed by atoms with Crippen LogP contribution >= 0.6 is 0 Å². The van der Waals surface area contributed by atoms with E-state index in [1.54, 1.807) is 37.3 Å². The average Bonchev–Trinajstić information content (AvgIpc) is 2.38. The lowest BCUT2D eigenvalue weighted by atomic mass is 10.2. The van der Waals surface area contributed by atoms with Crippen molar-refractivity contribution in [1.82, 2.24) is 9.88 Å². The average molecular weight is 237 g/mol.